The van der Waals surface area contributed by atoms with Gasteiger partial charge in [0.25, 0.3) is 5.91 Å². The molecule has 1 aliphatic rings. The number of hydrogen-bond donors (Lipinski definition) is 1. The second kappa shape index (κ2) is 8.31. The van der Waals surface area contributed by atoms with E-state index < -0.39 is 17.9 Å². The quantitative estimate of drug-likeness (QED) is 0.678. The Kier molecular flexibility index (Phi) is 6.01. The van der Waals surface area contributed by atoms with E-state index >= 15 is 0 Å². The minimum absolute atomic E-state index is 0.0709. The summed E-state index contributed by atoms with van der Waals surface area (Å²) in [6, 6.07) is 15.0. The molecule has 0 saturated carbocycles. The van der Waals surface area contributed by atoms with Crippen LogP contribution in [0.1, 0.15) is 38.3 Å². The lowest BCUT2D eigenvalue weighted by Crippen LogP contribution is -2.46. The van der Waals surface area contributed by atoms with Crippen LogP contribution in [0.25, 0.3) is 0 Å². The minimum Gasteiger partial charge on any atom is -0.362 e. The summed E-state index contributed by atoms with van der Waals surface area (Å²) in [5.41, 5.74) is 2.29. The number of anilines is 1. The van der Waals surface area contributed by atoms with Crippen molar-refractivity contribution in [3.05, 3.63) is 76.9 Å². The Morgan fingerprint density at radius 1 is 1.07 bits per heavy atom. The molecule has 0 spiro atoms. The minimum atomic E-state index is -4.41. The fourth-order valence-corrected chi connectivity index (χ4v) is 3.63. The summed E-state index contributed by atoms with van der Waals surface area (Å²) in [7, 11) is 0. The Morgan fingerprint density at radius 2 is 1.76 bits per heavy atom. The standard InChI is InChI=1S/C23H25F3N2O/c1-15(12-13-18-8-5-4-6-9-18)28-21(16(2)17(3)22(28)29)27-20-11-7-10-19(14-20)23(24,25)26/h4-11,14-15,21,27H,12-13H2,1-3H3/t15-,21+/m0/s1. The van der Waals surface area contributed by atoms with E-state index in [-0.39, 0.29) is 11.9 Å². The zero-order valence-corrected chi connectivity index (χ0v) is 16.8. The van der Waals surface area contributed by atoms with E-state index in [1.165, 1.54) is 11.6 Å². The molecule has 3 rings (SSSR count). The molecule has 1 aliphatic heterocycles. The first-order chi connectivity index (χ1) is 13.7. The first-order valence-electron chi connectivity index (χ1n) is 9.66. The largest absolute Gasteiger partial charge is 0.416 e. The summed E-state index contributed by atoms with van der Waals surface area (Å²) in [4.78, 5) is 14.6. The highest BCUT2D eigenvalue weighted by Gasteiger charge is 2.38. The number of halogens is 3. The Labute approximate surface area is 169 Å². The van der Waals surface area contributed by atoms with Gasteiger partial charge in [-0.15, -0.1) is 0 Å². The molecule has 0 radical (unpaired) electrons. The zero-order chi connectivity index (χ0) is 21.2. The maximum atomic E-state index is 13.0. The molecule has 0 bridgehead atoms. The van der Waals surface area contributed by atoms with Crippen molar-refractivity contribution in [2.75, 3.05) is 5.32 Å². The van der Waals surface area contributed by atoms with Crippen LogP contribution in [0.2, 0.25) is 0 Å². The van der Waals surface area contributed by atoms with Crippen molar-refractivity contribution in [1.29, 1.82) is 0 Å². The molecule has 1 amide bonds. The van der Waals surface area contributed by atoms with E-state index in [1.807, 2.05) is 44.2 Å². The topological polar surface area (TPSA) is 32.3 Å². The molecule has 2 atom stereocenters. The van der Waals surface area contributed by atoms with Gasteiger partial charge in [0.15, 0.2) is 0 Å². The van der Waals surface area contributed by atoms with Crippen LogP contribution in [0.3, 0.4) is 0 Å². The van der Waals surface area contributed by atoms with Gasteiger partial charge in [-0.05, 0) is 62.9 Å². The number of amides is 1. The highest BCUT2D eigenvalue weighted by molar-refractivity contribution is 5.97. The molecule has 1 N–H and O–H groups in total. The van der Waals surface area contributed by atoms with Gasteiger partial charge in [-0.2, -0.15) is 13.2 Å². The molecule has 3 nitrogen and oxygen atoms in total. The lowest BCUT2D eigenvalue weighted by atomic mass is 10.0. The lowest BCUT2D eigenvalue weighted by Gasteiger charge is -2.33. The molecule has 0 fully saturated rings. The summed E-state index contributed by atoms with van der Waals surface area (Å²) >= 11 is 0. The summed E-state index contributed by atoms with van der Waals surface area (Å²) < 4.78 is 39.1. The molecule has 0 aliphatic carbocycles. The summed E-state index contributed by atoms with van der Waals surface area (Å²) in [6.07, 6.45) is -3.29. The Bertz CT molecular complexity index is 906. The van der Waals surface area contributed by atoms with Crippen molar-refractivity contribution in [2.45, 2.75) is 52.0 Å². The van der Waals surface area contributed by atoms with Gasteiger partial charge in [-0.3, -0.25) is 4.79 Å². The van der Waals surface area contributed by atoms with E-state index in [0.29, 0.717) is 11.3 Å². The van der Waals surface area contributed by atoms with E-state index in [4.69, 9.17) is 0 Å². The van der Waals surface area contributed by atoms with Crippen molar-refractivity contribution >= 4 is 11.6 Å². The number of carbonyl (C=O) groups excluding carboxylic acids is 1. The maximum Gasteiger partial charge on any atom is 0.416 e. The molecule has 2 aromatic rings. The van der Waals surface area contributed by atoms with Crippen LogP contribution in [0.4, 0.5) is 18.9 Å². The summed E-state index contributed by atoms with van der Waals surface area (Å²) in [6.45, 7) is 5.60. The van der Waals surface area contributed by atoms with E-state index in [0.717, 1.165) is 30.5 Å². The van der Waals surface area contributed by atoms with Crippen LogP contribution in [-0.2, 0) is 17.4 Å². The van der Waals surface area contributed by atoms with Gasteiger partial charge in [0.05, 0.1) is 5.56 Å². The van der Waals surface area contributed by atoms with E-state index in [2.05, 4.69) is 5.32 Å². The van der Waals surface area contributed by atoms with Gasteiger partial charge in [-0.1, -0.05) is 36.4 Å². The summed E-state index contributed by atoms with van der Waals surface area (Å²) in [5, 5.41) is 3.14. The molecule has 0 aromatic heterocycles. The number of benzene rings is 2. The molecular weight excluding hydrogens is 377 g/mol. The van der Waals surface area contributed by atoms with Crippen molar-refractivity contribution in [2.24, 2.45) is 0 Å². The van der Waals surface area contributed by atoms with E-state index in [1.54, 1.807) is 17.9 Å². The number of alkyl halides is 3. The molecule has 1 heterocycles. The smallest absolute Gasteiger partial charge is 0.362 e. The number of nitrogens with zero attached hydrogens (tertiary/aromatic N) is 1. The van der Waals surface area contributed by atoms with Crippen LogP contribution in [0.5, 0.6) is 0 Å². The number of hydrogen-bond acceptors (Lipinski definition) is 2. The Balaban J connectivity index is 1.78. The SMILES string of the molecule is CC1=C(C)[C@H](Nc2cccc(C(F)(F)F)c2)N([C@@H](C)CCc2ccccc2)C1=O. The van der Waals surface area contributed by atoms with Gasteiger partial charge in [-0.25, -0.2) is 0 Å². The molecular formula is C23H25F3N2O. The van der Waals surface area contributed by atoms with Crippen LogP contribution >= 0.6 is 0 Å². The normalized spacial score (nSPS) is 18.3. The average Bonchev–Trinajstić information content (AvgIpc) is 2.90. The highest BCUT2D eigenvalue weighted by atomic mass is 19.4. The van der Waals surface area contributed by atoms with Crippen molar-refractivity contribution in [1.82, 2.24) is 4.90 Å². The van der Waals surface area contributed by atoms with Crippen LogP contribution in [0.15, 0.2) is 65.7 Å². The van der Waals surface area contributed by atoms with Crippen molar-refractivity contribution in [3.8, 4) is 0 Å². The second-order valence-electron chi connectivity index (χ2n) is 7.52. The number of rotatable bonds is 6. The van der Waals surface area contributed by atoms with Crippen molar-refractivity contribution in [3.63, 3.8) is 0 Å². The first kappa shape index (κ1) is 21.0. The van der Waals surface area contributed by atoms with Gasteiger partial charge in [0.2, 0.25) is 0 Å². The fourth-order valence-electron chi connectivity index (χ4n) is 3.63. The predicted octanol–water partition coefficient (Wildman–Crippen LogP) is 5.64. The first-order valence-corrected chi connectivity index (χ1v) is 9.66. The number of aryl methyl sites for hydroxylation is 1. The van der Waals surface area contributed by atoms with Gasteiger partial charge >= 0.3 is 6.18 Å². The molecule has 2 aromatic carbocycles. The monoisotopic (exact) mass is 402 g/mol. The van der Waals surface area contributed by atoms with Crippen LogP contribution < -0.4 is 5.32 Å². The zero-order valence-electron chi connectivity index (χ0n) is 16.8. The summed E-state index contributed by atoms with van der Waals surface area (Å²) in [5.74, 6) is -0.0764. The Hall–Kier alpha value is -2.76. The van der Waals surface area contributed by atoms with Gasteiger partial charge < -0.3 is 10.2 Å². The van der Waals surface area contributed by atoms with Crippen molar-refractivity contribution < 1.29 is 18.0 Å². The maximum absolute atomic E-state index is 13.0. The number of nitrogens with one attached hydrogen (secondary N) is 1. The molecule has 154 valence electrons. The van der Waals surface area contributed by atoms with Crippen LogP contribution in [-0.4, -0.2) is 23.0 Å². The van der Waals surface area contributed by atoms with E-state index in [9.17, 15) is 18.0 Å². The molecule has 0 unspecified atom stereocenters. The number of carbonyl (C=O) groups is 1. The second-order valence-corrected chi connectivity index (χ2v) is 7.52. The Morgan fingerprint density at radius 3 is 2.41 bits per heavy atom. The molecule has 6 heteroatoms. The van der Waals surface area contributed by atoms with Crippen LogP contribution in [0, 0.1) is 0 Å². The highest BCUT2D eigenvalue weighted by Crippen LogP contribution is 2.33. The third-order valence-electron chi connectivity index (χ3n) is 5.50. The molecule has 0 saturated heterocycles. The third-order valence-corrected chi connectivity index (χ3v) is 5.50. The van der Waals surface area contributed by atoms with Gasteiger partial charge in [0.1, 0.15) is 6.17 Å². The predicted molar refractivity (Wildman–Crippen MR) is 108 cm³/mol. The lowest BCUT2D eigenvalue weighted by molar-refractivity contribution is -0.137. The third kappa shape index (κ3) is 4.63. The fraction of sp³-hybridized carbons (Fsp3) is 0.348. The van der Waals surface area contributed by atoms with Gasteiger partial charge in [0, 0.05) is 17.3 Å². The molecule has 29 heavy (non-hydrogen) atoms. The average molecular weight is 402 g/mol.